The highest BCUT2D eigenvalue weighted by atomic mass is 16.3. The summed E-state index contributed by atoms with van der Waals surface area (Å²) in [5.41, 5.74) is 2.89. The van der Waals surface area contributed by atoms with Crippen molar-refractivity contribution in [3.8, 4) is 0 Å². The summed E-state index contributed by atoms with van der Waals surface area (Å²) >= 11 is 0. The molecule has 0 bridgehead atoms. The van der Waals surface area contributed by atoms with Gasteiger partial charge in [-0.25, -0.2) is 0 Å². The summed E-state index contributed by atoms with van der Waals surface area (Å²) in [7, 11) is 0. The molecule has 0 radical (unpaired) electrons. The topological polar surface area (TPSA) is 60.9 Å². The van der Waals surface area contributed by atoms with Crippen molar-refractivity contribution in [2.24, 2.45) is 5.92 Å². The minimum atomic E-state index is -0.503. The van der Waals surface area contributed by atoms with Gasteiger partial charge >= 0.3 is 0 Å². The fraction of sp³-hybridized carbons (Fsp3) is 0.800. The number of aromatic nitrogens is 2. The Morgan fingerprint density at radius 3 is 2.58 bits per heavy atom. The van der Waals surface area contributed by atoms with Gasteiger partial charge in [0.25, 0.3) is 0 Å². The molecule has 0 spiro atoms. The van der Waals surface area contributed by atoms with Crippen molar-refractivity contribution in [1.82, 2.24) is 15.5 Å². The lowest BCUT2D eigenvalue weighted by Gasteiger charge is -2.36. The molecule has 1 fully saturated rings. The molecule has 0 aliphatic heterocycles. The molecule has 1 aliphatic carbocycles. The summed E-state index contributed by atoms with van der Waals surface area (Å²) in [6, 6.07) is 0. The van der Waals surface area contributed by atoms with Crippen molar-refractivity contribution >= 4 is 0 Å². The lowest BCUT2D eigenvalue weighted by molar-refractivity contribution is -0.00883. The Labute approximate surface area is 116 Å². The maximum atomic E-state index is 10.6. The summed E-state index contributed by atoms with van der Waals surface area (Å²) in [5, 5.41) is 21.2. The van der Waals surface area contributed by atoms with E-state index in [1.165, 1.54) is 24.8 Å². The molecule has 19 heavy (non-hydrogen) atoms. The van der Waals surface area contributed by atoms with Crippen LogP contribution in [0.25, 0.3) is 0 Å². The smallest absolute Gasteiger partial charge is 0.0771 e. The van der Waals surface area contributed by atoms with Crippen molar-refractivity contribution in [2.45, 2.75) is 65.0 Å². The minimum absolute atomic E-state index is 0.503. The molecule has 4 nitrogen and oxygen atoms in total. The number of nitrogens with zero attached hydrogens (tertiary/aromatic N) is 1. The maximum absolute atomic E-state index is 10.6. The third-order valence-electron chi connectivity index (χ3n) is 4.65. The van der Waals surface area contributed by atoms with Gasteiger partial charge in [0.2, 0.25) is 0 Å². The molecule has 0 saturated heterocycles. The van der Waals surface area contributed by atoms with E-state index in [0.717, 1.165) is 36.7 Å². The Balaban J connectivity index is 1.80. The molecule has 3 N–H and O–H groups in total. The first-order valence-electron chi connectivity index (χ1n) is 7.47. The van der Waals surface area contributed by atoms with Crippen molar-refractivity contribution in [3.63, 3.8) is 0 Å². The quantitative estimate of drug-likeness (QED) is 0.766. The van der Waals surface area contributed by atoms with E-state index in [2.05, 4.69) is 22.4 Å². The first-order chi connectivity index (χ1) is 9.04. The average molecular weight is 265 g/mol. The zero-order valence-corrected chi connectivity index (χ0v) is 12.4. The predicted molar refractivity (Wildman–Crippen MR) is 77.0 cm³/mol. The Morgan fingerprint density at radius 1 is 1.37 bits per heavy atom. The fourth-order valence-electron chi connectivity index (χ4n) is 3.05. The van der Waals surface area contributed by atoms with E-state index in [1.54, 1.807) is 0 Å². The number of aromatic amines is 1. The second-order valence-corrected chi connectivity index (χ2v) is 6.09. The van der Waals surface area contributed by atoms with E-state index < -0.39 is 5.60 Å². The normalized spacial score (nSPS) is 27.7. The average Bonchev–Trinajstić information content (AvgIpc) is 2.71. The lowest BCUT2D eigenvalue weighted by atomic mass is 9.78. The van der Waals surface area contributed by atoms with Gasteiger partial charge in [0.1, 0.15) is 0 Å². The number of hydrogen-bond donors (Lipinski definition) is 3. The van der Waals surface area contributed by atoms with Crippen molar-refractivity contribution in [2.75, 3.05) is 6.54 Å². The van der Waals surface area contributed by atoms with Crippen molar-refractivity contribution < 1.29 is 5.11 Å². The Bertz CT molecular complexity index is 386. The highest BCUT2D eigenvalue weighted by Crippen LogP contribution is 2.33. The van der Waals surface area contributed by atoms with E-state index in [1.807, 2.05) is 13.8 Å². The van der Waals surface area contributed by atoms with Crippen LogP contribution >= 0.6 is 0 Å². The third-order valence-corrected chi connectivity index (χ3v) is 4.65. The van der Waals surface area contributed by atoms with Gasteiger partial charge in [-0.1, -0.05) is 13.3 Å². The van der Waals surface area contributed by atoms with Crippen LogP contribution < -0.4 is 5.32 Å². The van der Waals surface area contributed by atoms with Crippen LogP contribution in [0.15, 0.2) is 0 Å². The van der Waals surface area contributed by atoms with Crippen LogP contribution in [-0.2, 0) is 6.54 Å². The highest BCUT2D eigenvalue weighted by Gasteiger charge is 2.32. The second-order valence-electron chi connectivity index (χ2n) is 6.09. The van der Waals surface area contributed by atoms with Gasteiger partial charge in [-0.15, -0.1) is 0 Å². The number of aliphatic hydroxyl groups is 1. The minimum Gasteiger partial charge on any atom is -0.389 e. The van der Waals surface area contributed by atoms with Gasteiger partial charge in [0.05, 0.1) is 11.3 Å². The summed E-state index contributed by atoms with van der Waals surface area (Å²) in [4.78, 5) is 0. The van der Waals surface area contributed by atoms with Crippen LogP contribution in [0.1, 0.15) is 56.0 Å². The van der Waals surface area contributed by atoms with Crippen LogP contribution in [0.3, 0.4) is 0 Å². The monoisotopic (exact) mass is 265 g/mol. The zero-order chi connectivity index (χ0) is 13.9. The van der Waals surface area contributed by atoms with Gasteiger partial charge < -0.3 is 10.4 Å². The standard InChI is InChI=1S/C15H27N3O/c1-4-13-5-7-15(19,8-6-13)10-16-9-14-11(2)17-18-12(14)3/h13,16,19H,4-10H2,1-3H3,(H,17,18). The molecule has 1 heterocycles. The Morgan fingerprint density at radius 2 is 2.05 bits per heavy atom. The van der Waals surface area contributed by atoms with Gasteiger partial charge in [0, 0.05) is 24.3 Å². The highest BCUT2D eigenvalue weighted by molar-refractivity contribution is 5.22. The number of H-pyrrole nitrogens is 1. The van der Waals surface area contributed by atoms with Gasteiger partial charge in [-0.3, -0.25) is 5.10 Å². The molecular formula is C15H27N3O. The van der Waals surface area contributed by atoms with Crippen LogP contribution in [0, 0.1) is 19.8 Å². The Kier molecular flexibility index (Phi) is 4.63. The number of rotatable bonds is 5. The van der Waals surface area contributed by atoms with E-state index in [-0.39, 0.29) is 0 Å². The van der Waals surface area contributed by atoms with Crippen molar-refractivity contribution in [1.29, 1.82) is 0 Å². The van der Waals surface area contributed by atoms with E-state index in [9.17, 15) is 5.11 Å². The summed E-state index contributed by atoms with van der Waals surface area (Å²) in [5.74, 6) is 0.818. The molecule has 0 atom stereocenters. The third kappa shape index (κ3) is 3.57. The largest absolute Gasteiger partial charge is 0.389 e. The van der Waals surface area contributed by atoms with Crippen LogP contribution in [0.2, 0.25) is 0 Å². The molecule has 1 aliphatic rings. The molecule has 1 aromatic rings. The zero-order valence-electron chi connectivity index (χ0n) is 12.4. The van der Waals surface area contributed by atoms with Crippen LogP contribution in [0.5, 0.6) is 0 Å². The summed E-state index contributed by atoms with van der Waals surface area (Å²) in [6.07, 6.45) is 5.44. The molecule has 4 heteroatoms. The number of nitrogens with one attached hydrogen (secondary N) is 2. The molecule has 2 rings (SSSR count). The molecule has 1 aromatic heterocycles. The fourth-order valence-corrected chi connectivity index (χ4v) is 3.05. The Hall–Kier alpha value is -0.870. The maximum Gasteiger partial charge on any atom is 0.0771 e. The summed E-state index contributed by atoms with van der Waals surface area (Å²) in [6.45, 7) is 7.78. The van der Waals surface area contributed by atoms with E-state index >= 15 is 0 Å². The number of hydrogen-bond acceptors (Lipinski definition) is 3. The van der Waals surface area contributed by atoms with Crippen LogP contribution in [0.4, 0.5) is 0 Å². The molecular weight excluding hydrogens is 238 g/mol. The first kappa shape index (κ1) is 14.5. The van der Waals surface area contributed by atoms with Gasteiger partial charge in [-0.05, 0) is 45.4 Å². The van der Waals surface area contributed by atoms with Crippen molar-refractivity contribution in [3.05, 3.63) is 17.0 Å². The molecule has 0 aromatic carbocycles. The SMILES string of the molecule is CCC1CCC(O)(CNCc2c(C)n[nH]c2C)CC1. The first-order valence-corrected chi connectivity index (χ1v) is 7.47. The second kappa shape index (κ2) is 6.06. The predicted octanol–water partition coefficient (Wildman–Crippen LogP) is 2.45. The van der Waals surface area contributed by atoms with Gasteiger partial charge in [0.15, 0.2) is 0 Å². The molecule has 1 saturated carbocycles. The summed E-state index contributed by atoms with van der Waals surface area (Å²) < 4.78 is 0. The number of aryl methyl sites for hydroxylation is 2. The lowest BCUT2D eigenvalue weighted by Crippen LogP contribution is -2.43. The van der Waals surface area contributed by atoms with Gasteiger partial charge in [-0.2, -0.15) is 5.10 Å². The molecule has 0 unspecified atom stereocenters. The molecule has 108 valence electrons. The van der Waals surface area contributed by atoms with E-state index in [0.29, 0.717) is 6.54 Å². The van der Waals surface area contributed by atoms with Crippen LogP contribution in [-0.4, -0.2) is 27.4 Å². The molecule has 0 amide bonds. The van der Waals surface area contributed by atoms with E-state index in [4.69, 9.17) is 0 Å².